The van der Waals surface area contributed by atoms with Crippen LogP contribution in [0.5, 0.6) is 0 Å². The second-order valence-corrected chi connectivity index (χ2v) is 5.59. The van der Waals surface area contributed by atoms with Crippen LogP contribution in [-0.2, 0) is 0 Å². The molecule has 0 aliphatic rings. The van der Waals surface area contributed by atoms with E-state index in [1.807, 2.05) is 30.3 Å². The van der Waals surface area contributed by atoms with Gasteiger partial charge in [-0.15, -0.1) is 11.3 Å². The number of rotatable bonds is 4. The summed E-state index contributed by atoms with van der Waals surface area (Å²) < 4.78 is 13.7. The predicted octanol–water partition coefficient (Wildman–Crippen LogP) is 3.79. The van der Waals surface area contributed by atoms with Gasteiger partial charge in [0.15, 0.2) is 11.6 Å². The van der Waals surface area contributed by atoms with E-state index in [1.165, 1.54) is 29.7 Å². The molecule has 110 valence electrons. The molecule has 0 atom stereocenters. The summed E-state index contributed by atoms with van der Waals surface area (Å²) in [5, 5.41) is 3.32. The molecule has 1 amide bonds. The molecule has 4 nitrogen and oxygen atoms in total. The van der Waals surface area contributed by atoms with Gasteiger partial charge in [0.2, 0.25) is 0 Å². The van der Waals surface area contributed by atoms with Crippen LogP contribution in [0.2, 0.25) is 0 Å². The van der Waals surface area contributed by atoms with Crippen molar-refractivity contribution in [1.29, 1.82) is 0 Å². The summed E-state index contributed by atoms with van der Waals surface area (Å²) in [6.45, 7) is 0. The number of carbonyl (C=O) groups excluding carboxylic acids is 1. The topological polar surface area (TPSA) is 68.0 Å². The van der Waals surface area contributed by atoms with Crippen LogP contribution in [-0.4, -0.2) is 10.9 Å². The van der Waals surface area contributed by atoms with Crippen LogP contribution in [0, 0.1) is 5.82 Å². The Bertz CT molecular complexity index is 817. The van der Waals surface area contributed by atoms with Crippen molar-refractivity contribution >= 4 is 28.1 Å². The number of anilines is 2. The van der Waals surface area contributed by atoms with Crippen molar-refractivity contribution in [1.82, 2.24) is 4.98 Å². The maximum Gasteiger partial charge on any atom is 0.251 e. The van der Waals surface area contributed by atoms with Crippen LogP contribution in [0.25, 0.3) is 10.4 Å². The number of pyridine rings is 1. The van der Waals surface area contributed by atoms with Crippen molar-refractivity contribution in [3.8, 4) is 10.4 Å². The number of amides is 1. The van der Waals surface area contributed by atoms with Gasteiger partial charge in [0, 0.05) is 11.1 Å². The molecule has 2 aromatic heterocycles. The molecule has 1 aromatic carbocycles. The molecule has 0 fully saturated rings. The molecule has 22 heavy (non-hydrogen) atoms. The summed E-state index contributed by atoms with van der Waals surface area (Å²) in [6.07, 6.45) is 1.47. The number of hydrogen-bond donors (Lipinski definition) is 2. The first-order valence-corrected chi connectivity index (χ1v) is 7.33. The summed E-state index contributed by atoms with van der Waals surface area (Å²) in [5.74, 6) is -1.00. The number of carbonyl (C=O) groups is 1. The van der Waals surface area contributed by atoms with Crippen molar-refractivity contribution in [3.63, 3.8) is 0 Å². The van der Waals surface area contributed by atoms with E-state index in [4.69, 9.17) is 5.73 Å². The third-order valence-corrected chi connectivity index (χ3v) is 4.15. The molecule has 6 heteroatoms. The van der Waals surface area contributed by atoms with E-state index in [0.717, 1.165) is 10.4 Å². The Morgan fingerprint density at radius 3 is 2.64 bits per heavy atom. The second kappa shape index (κ2) is 5.95. The third-order valence-electron chi connectivity index (χ3n) is 3.05. The molecule has 3 N–H and O–H groups in total. The van der Waals surface area contributed by atoms with E-state index in [9.17, 15) is 9.18 Å². The Morgan fingerprint density at radius 1 is 1.18 bits per heavy atom. The molecule has 0 saturated carbocycles. The molecule has 3 rings (SSSR count). The number of nitrogens with two attached hydrogens (primary N) is 1. The minimum absolute atomic E-state index is 0.0615. The lowest BCUT2D eigenvalue weighted by molar-refractivity contribution is 0.100. The lowest BCUT2D eigenvalue weighted by Gasteiger charge is -2.05. The van der Waals surface area contributed by atoms with Gasteiger partial charge in [0.1, 0.15) is 5.00 Å². The molecule has 0 bridgehead atoms. The fraction of sp³-hybridized carbons (Fsp3) is 0. The van der Waals surface area contributed by atoms with Crippen molar-refractivity contribution in [2.24, 2.45) is 5.73 Å². The average Bonchev–Trinajstić information content (AvgIpc) is 2.95. The Hall–Kier alpha value is -2.73. The number of benzene rings is 1. The molecule has 0 aliphatic heterocycles. The van der Waals surface area contributed by atoms with Crippen molar-refractivity contribution in [3.05, 3.63) is 66.1 Å². The monoisotopic (exact) mass is 313 g/mol. The predicted molar refractivity (Wildman–Crippen MR) is 85.8 cm³/mol. The second-order valence-electron chi connectivity index (χ2n) is 4.54. The smallest absolute Gasteiger partial charge is 0.251 e. The highest BCUT2D eigenvalue weighted by molar-refractivity contribution is 7.19. The average molecular weight is 313 g/mol. The minimum atomic E-state index is -0.572. The molecular weight excluding hydrogens is 301 g/mol. The number of primary amides is 1. The Kier molecular flexibility index (Phi) is 3.84. The maximum absolute atomic E-state index is 13.7. The summed E-state index contributed by atoms with van der Waals surface area (Å²) >= 11 is 1.33. The van der Waals surface area contributed by atoms with Gasteiger partial charge in [0.25, 0.3) is 5.91 Å². The standard InChI is InChI=1S/C16H12FN3OS/c17-12-7-4-8-19-15(12)20-16-11(14(18)21)9-13(22-16)10-5-2-1-3-6-10/h1-9H,(H2,18,21)(H,19,20). The molecular formula is C16H12FN3OS. The first-order valence-electron chi connectivity index (χ1n) is 6.52. The van der Waals surface area contributed by atoms with Gasteiger partial charge in [-0.25, -0.2) is 9.37 Å². The van der Waals surface area contributed by atoms with Gasteiger partial charge in [-0.2, -0.15) is 0 Å². The number of thiophene rings is 1. The normalized spacial score (nSPS) is 10.4. The molecule has 0 aliphatic carbocycles. The fourth-order valence-electron chi connectivity index (χ4n) is 2.00. The zero-order valence-electron chi connectivity index (χ0n) is 11.4. The van der Waals surface area contributed by atoms with Crippen molar-refractivity contribution in [2.45, 2.75) is 0 Å². The Balaban J connectivity index is 2.02. The van der Waals surface area contributed by atoms with Crippen LogP contribution in [0.3, 0.4) is 0 Å². The van der Waals surface area contributed by atoms with Crippen LogP contribution in [0.15, 0.2) is 54.7 Å². The first-order chi connectivity index (χ1) is 10.6. The number of nitrogens with one attached hydrogen (secondary N) is 1. The highest BCUT2D eigenvalue weighted by Gasteiger charge is 2.16. The van der Waals surface area contributed by atoms with Crippen LogP contribution in [0.4, 0.5) is 15.2 Å². The van der Waals surface area contributed by atoms with E-state index in [0.29, 0.717) is 10.6 Å². The molecule has 0 spiro atoms. The van der Waals surface area contributed by atoms with E-state index in [-0.39, 0.29) is 5.82 Å². The zero-order valence-corrected chi connectivity index (χ0v) is 12.2. The number of halogens is 1. The number of nitrogens with zero attached hydrogens (tertiary/aromatic N) is 1. The van der Waals surface area contributed by atoms with Gasteiger partial charge in [-0.3, -0.25) is 4.79 Å². The quantitative estimate of drug-likeness (QED) is 0.770. The first kappa shape index (κ1) is 14.2. The summed E-state index contributed by atoms with van der Waals surface area (Å²) in [6, 6.07) is 14.1. The Morgan fingerprint density at radius 2 is 1.95 bits per heavy atom. The molecule has 3 aromatic rings. The lowest BCUT2D eigenvalue weighted by Crippen LogP contribution is -2.11. The maximum atomic E-state index is 13.7. The van der Waals surface area contributed by atoms with Crippen LogP contribution < -0.4 is 11.1 Å². The van der Waals surface area contributed by atoms with Crippen LogP contribution >= 0.6 is 11.3 Å². The highest BCUT2D eigenvalue weighted by Crippen LogP contribution is 2.36. The van der Waals surface area contributed by atoms with E-state index >= 15 is 0 Å². The summed E-state index contributed by atoms with van der Waals surface area (Å²) in [5.41, 5.74) is 6.69. The van der Waals surface area contributed by atoms with Crippen molar-refractivity contribution < 1.29 is 9.18 Å². The number of hydrogen-bond acceptors (Lipinski definition) is 4. The van der Waals surface area contributed by atoms with Gasteiger partial charge < -0.3 is 11.1 Å². The Labute approximate surface area is 130 Å². The van der Waals surface area contributed by atoms with Crippen molar-refractivity contribution in [2.75, 3.05) is 5.32 Å². The van der Waals surface area contributed by atoms with E-state index in [1.54, 1.807) is 6.07 Å². The van der Waals surface area contributed by atoms with Gasteiger partial charge in [0.05, 0.1) is 5.56 Å². The fourth-order valence-corrected chi connectivity index (χ4v) is 3.06. The van der Waals surface area contributed by atoms with Gasteiger partial charge in [-0.05, 0) is 23.8 Å². The minimum Gasteiger partial charge on any atom is -0.366 e. The highest BCUT2D eigenvalue weighted by atomic mass is 32.1. The molecule has 0 unspecified atom stereocenters. The summed E-state index contributed by atoms with van der Waals surface area (Å²) in [4.78, 5) is 16.4. The van der Waals surface area contributed by atoms with E-state index < -0.39 is 11.7 Å². The van der Waals surface area contributed by atoms with Gasteiger partial charge in [-0.1, -0.05) is 30.3 Å². The zero-order chi connectivity index (χ0) is 15.5. The van der Waals surface area contributed by atoms with Crippen LogP contribution in [0.1, 0.15) is 10.4 Å². The molecule has 0 radical (unpaired) electrons. The molecule has 2 heterocycles. The SMILES string of the molecule is NC(=O)c1cc(-c2ccccc2)sc1Nc1ncccc1F. The third kappa shape index (κ3) is 2.82. The van der Waals surface area contributed by atoms with Gasteiger partial charge >= 0.3 is 0 Å². The summed E-state index contributed by atoms with van der Waals surface area (Å²) in [7, 11) is 0. The lowest BCUT2D eigenvalue weighted by atomic mass is 10.1. The number of aromatic nitrogens is 1. The molecule has 0 saturated heterocycles. The van der Waals surface area contributed by atoms with E-state index in [2.05, 4.69) is 10.3 Å². The largest absolute Gasteiger partial charge is 0.366 e.